The minimum absolute atomic E-state index is 0.00579. The van der Waals surface area contributed by atoms with E-state index in [1.807, 2.05) is 19.9 Å². The first-order valence-electron chi connectivity index (χ1n) is 6.60. The van der Waals surface area contributed by atoms with E-state index >= 15 is 0 Å². The lowest BCUT2D eigenvalue weighted by atomic mass is 10.0. The molecule has 0 bridgehead atoms. The number of aryl methyl sites for hydroxylation is 2. The van der Waals surface area contributed by atoms with Crippen molar-refractivity contribution >= 4 is 34.3 Å². The molecule has 2 N–H and O–H groups in total. The Bertz CT molecular complexity index is 779. The lowest BCUT2D eigenvalue weighted by Gasteiger charge is -2.12. The smallest absolute Gasteiger partial charge is 0.259 e. The lowest BCUT2D eigenvalue weighted by Crippen LogP contribution is -2.24. The first-order valence-corrected chi connectivity index (χ1v) is 7.65. The van der Waals surface area contributed by atoms with Crippen LogP contribution in [-0.2, 0) is 6.54 Å². The monoisotopic (exact) mass is 288 g/mol. The summed E-state index contributed by atoms with van der Waals surface area (Å²) in [5, 5.41) is 2.98. The minimum atomic E-state index is 0.00579. The van der Waals surface area contributed by atoms with Gasteiger partial charge in [-0.15, -0.1) is 11.8 Å². The van der Waals surface area contributed by atoms with Crippen LogP contribution >= 0.6 is 11.8 Å². The van der Waals surface area contributed by atoms with Crippen LogP contribution in [0.15, 0.2) is 16.3 Å². The van der Waals surface area contributed by atoms with Crippen molar-refractivity contribution in [3.8, 4) is 0 Å². The summed E-state index contributed by atoms with van der Waals surface area (Å²) in [5.41, 5.74) is 9.02. The summed E-state index contributed by atoms with van der Waals surface area (Å²) in [6.45, 7) is 4.40. The number of fused-ring (bicyclic) bond motifs is 1. The zero-order valence-electron chi connectivity index (χ0n) is 11.5. The molecule has 0 atom stereocenters. The standard InChI is InChI=1S/C14H16N4OS/c1-3-18-12-10(8(2)16-14(15)17-12)6-11(13(18)19)9-4-5-20-7-9/h6-7H,3-5H2,1-2H3,(H2,15,16,17). The molecular weight excluding hydrogens is 272 g/mol. The Morgan fingerprint density at radius 2 is 2.25 bits per heavy atom. The highest BCUT2D eigenvalue weighted by Gasteiger charge is 2.17. The summed E-state index contributed by atoms with van der Waals surface area (Å²) in [4.78, 5) is 21.1. The molecule has 0 aliphatic carbocycles. The van der Waals surface area contributed by atoms with Gasteiger partial charge in [-0.1, -0.05) is 0 Å². The number of nitrogen functional groups attached to an aromatic ring is 1. The zero-order valence-corrected chi connectivity index (χ0v) is 12.3. The van der Waals surface area contributed by atoms with Crippen LogP contribution in [0.4, 0.5) is 5.95 Å². The van der Waals surface area contributed by atoms with Gasteiger partial charge < -0.3 is 5.73 Å². The number of nitrogens with zero attached hydrogens (tertiary/aromatic N) is 3. The fourth-order valence-electron chi connectivity index (χ4n) is 2.52. The maximum absolute atomic E-state index is 12.6. The molecule has 0 saturated carbocycles. The molecule has 0 saturated heterocycles. The molecule has 20 heavy (non-hydrogen) atoms. The van der Waals surface area contributed by atoms with Crippen LogP contribution in [0.5, 0.6) is 0 Å². The third-order valence-corrected chi connectivity index (χ3v) is 4.42. The number of thioether (sulfide) groups is 1. The third kappa shape index (κ3) is 2.00. The zero-order chi connectivity index (χ0) is 14.3. The van der Waals surface area contributed by atoms with Gasteiger partial charge in [0.2, 0.25) is 5.95 Å². The summed E-state index contributed by atoms with van der Waals surface area (Å²) in [6, 6.07) is 1.91. The Labute approximate surface area is 120 Å². The van der Waals surface area contributed by atoms with E-state index in [4.69, 9.17) is 5.73 Å². The van der Waals surface area contributed by atoms with Crippen LogP contribution in [0.25, 0.3) is 16.6 Å². The largest absolute Gasteiger partial charge is 0.368 e. The molecule has 0 unspecified atom stereocenters. The van der Waals surface area contributed by atoms with Crippen LogP contribution in [0, 0.1) is 6.92 Å². The summed E-state index contributed by atoms with van der Waals surface area (Å²) in [6.07, 6.45) is 0.935. The quantitative estimate of drug-likeness (QED) is 0.917. The number of allylic oxidation sites excluding steroid dienone is 1. The van der Waals surface area contributed by atoms with Gasteiger partial charge in [-0.3, -0.25) is 9.36 Å². The molecule has 1 aliphatic heterocycles. The van der Waals surface area contributed by atoms with Gasteiger partial charge in [0.05, 0.1) is 5.69 Å². The molecule has 6 heteroatoms. The maximum Gasteiger partial charge on any atom is 0.259 e. The van der Waals surface area contributed by atoms with E-state index in [0.717, 1.165) is 34.4 Å². The molecule has 0 spiro atoms. The second-order valence-corrected chi connectivity index (χ2v) is 5.75. The van der Waals surface area contributed by atoms with Crippen LogP contribution in [-0.4, -0.2) is 20.3 Å². The molecule has 5 nitrogen and oxygen atoms in total. The van der Waals surface area contributed by atoms with Gasteiger partial charge in [0.15, 0.2) is 0 Å². The van der Waals surface area contributed by atoms with E-state index < -0.39 is 0 Å². The van der Waals surface area contributed by atoms with Gasteiger partial charge in [-0.05, 0) is 37.3 Å². The average molecular weight is 288 g/mol. The van der Waals surface area contributed by atoms with Crippen molar-refractivity contribution in [3.63, 3.8) is 0 Å². The Balaban J connectivity index is 2.39. The van der Waals surface area contributed by atoms with E-state index in [1.54, 1.807) is 16.3 Å². The maximum atomic E-state index is 12.6. The Morgan fingerprint density at radius 1 is 1.45 bits per heavy atom. The van der Waals surface area contributed by atoms with Gasteiger partial charge in [-0.2, -0.15) is 4.98 Å². The van der Waals surface area contributed by atoms with Crippen LogP contribution < -0.4 is 11.3 Å². The minimum Gasteiger partial charge on any atom is -0.368 e. The van der Waals surface area contributed by atoms with Crippen molar-refractivity contribution in [2.75, 3.05) is 11.5 Å². The SMILES string of the molecule is CCn1c(=O)c(C2=CSCC2)cc2c(C)nc(N)nc21. The average Bonchev–Trinajstić information content (AvgIpc) is 2.92. The molecule has 0 radical (unpaired) electrons. The number of nitrogens with two attached hydrogens (primary N) is 1. The lowest BCUT2D eigenvalue weighted by molar-refractivity contribution is 0.745. The van der Waals surface area contributed by atoms with Crippen molar-refractivity contribution in [2.24, 2.45) is 0 Å². The predicted molar refractivity (Wildman–Crippen MR) is 83.7 cm³/mol. The molecule has 104 valence electrons. The highest BCUT2D eigenvalue weighted by molar-refractivity contribution is 8.02. The molecule has 0 amide bonds. The number of hydrogen-bond acceptors (Lipinski definition) is 5. The second-order valence-electron chi connectivity index (χ2n) is 4.78. The van der Waals surface area contributed by atoms with Crippen molar-refractivity contribution in [2.45, 2.75) is 26.8 Å². The van der Waals surface area contributed by atoms with Crippen molar-refractivity contribution in [1.29, 1.82) is 0 Å². The van der Waals surface area contributed by atoms with Gasteiger partial charge in [-0.25, -0.2) is 4.98 Å². The van der Waals surface area contributed by atoms with Gasteiger partial charge in [0, 0.05) is 23.2 Å². The summed E-state index contributed by atoms with van der Waals surface area (Å²) >= 11 is 1.75. The highest BCUT2D eigenvalue weighted by atomic mass is 32.2. The molecule has 3 heterocycles. The van der Waals surface area contributed by atoms with Crippen molar-refractivity contribution in [1.82, 2.24) is 14.5 Å². The number of rotatable bonds is 2. The fraction of sp³-hybridized carbons (Fsp3) is 0.357. The van der Waals surface area contributed by atoms with Gasteiger partial charge in [0.1, 0.15) is 5.65 Å². The van der Waals surface area contributed by atoms with Crippen LogP contribution in [0.1, 0.15) is 24.6 Å². The Morgan fingerprint density at radius 3 is 2.90 bits per heavy atom. The number of aromatic nitrogens is 3. The normalized spacial score (nSPS) is 14.8. The molecule has 2 aromatic rings. The molecule has 0 fully saturated rings. The van der Waals surface area contributed by atoms with E-state index in [0.29, 0.717) is 12.2 Å². The van der Waals surface area contributed by atoms with E-state index in [-0.39, 0.29) is 11.5 Å². The first kappa shape index (κ1) is 13.2. The Kier molecular flexibility index (Phi) is 3.25. The number of pyridine rings is 1. The number of hydrogen-bond donors (Lipinski definition) is 1. The summed E-state index contributed by atoms with van der Waals surface area (Å²) in [7, 11) is 0. The third-order valence-electron chi connectivity index (χ3n) is 3.53. The molecule has 1 aliphatic rings. The molecular formula is C14H16N4OS. The summed E-state index contributed by atoms with van der Waals surface area (Å²) < 4.78 is 1.68. The molecule has 2 aromatic heterocycles. The van der Waals surface area contributed by atoms with E-state index in [1.165, 1.54) is 0 Å². The van der Waals surface area contributed by atoms with E-state index in [9.17, 15) is 4.79 Å². The molecule has 3 rings (SSSR count). The van der Waals surface area contributed by atoms with Crippen LogP contribution in [0.3, 0.4) is 0 Å². The predicted octanol–water partition coefficient (Wildman–Crippen LogP) is 2.18. The summed E-state index contributed by atoms with van der Waals surface area (Å²) in [5.74, 6) is 1.25. The first-order chi connectivity index (χ1) is 9.61. The second kappa shape index (κ2) is 4.94. The van der Waals surface area contributed by atoms with Crippen molar-refractivity contribution < 1.29 is 0 Å². The highest BCUT2D eigenvalue weighted by Crippen LogP contribution is 2.30. The topological polar surface area (TPSA) is 73.8 Å². The number of anilines is 1. The van der Waals surface area contributed by atoms with Crippen LogP contribution in [0.2, 0.25) is 0 Å². The van der Waals surface area contributed by atoms with Crippen molar-refractivity contribution in [3.05, 3.63) is 33.1 Å². The van der Waals surface area contributed by atoms with E-state index in [2.05, 4.69) is 15.4 Å². The molecule has 0 aromatic carbocycles. The van der Waals surface area contributed by atoms with Gasteiger partial charge >= 0.3 is 0 Å². The van der Waals surface area contributed by atoms with Gasteiger partial charge in [0.25, 0.3) is 5.56 Å². The fourth-order valence-corrected chi connectivity index (χ4v) is 3.42. The Hall–Kier alpha value is -1.82.